The van der Waals surface area contributed by atoms with Crippen molar-refractivity contribution in [2.45, 2.75) is 22.6 Å². The molecule has 168 valence electrons. The second kappa shape index (κ2) is 8.80. The number of hydrogen-bond acceptors (Lipinski definition) is 10. The summed E-state index contributed by atoms with van der Waals surface area (Å²) in [5.41, 5.74) is 6.95. The maximum absolute atomic E-state index is 12.8. The van der Waals surface area contributed by atoms with Gasteiger partial charge in [-0.2, -0.15) is 0 Å². The number of aliphatic carboxylic acids is 1. The van der Waals surface area contributed by atoms with Crippen molar-refractivity contribution < 1.29 is 24.6 Å². The van der Waals surface area contributed by atoms with Gasteiger partial charge in [0.25, 0.3) is 5.91 Å². The number of aromatic hydroxyl groups is 1. The van der Waals surface area contributed by atoms with Gasteiger partial charge in [0.2, 0.25) is 11.1 Å². The number of aromatic nitrogens is 4. The highest BCUT2D eigenvalue weighted by Crippen LogP contribution is 2.41. The molecule has 5 N–H and O–H groups in total. The van der Waals surface area contributed by atoms with Crippen LogP contribution in [0.2, 0.25) is 0 Å². The Morgan fingerprint density at radius 3 is 2.72 bits per heavy atom. The number of thioether (sulfide) groups is 2. The van der Waals surface area contributed by atoms with Gasteiger partial charge in [-0.3, -0.25) is 14.5 Å². The number of rotatable bonds is 7. The molecule has 1 saturated heterocycles. The molecule has 2 amide bonds. The minimum Gasteiger partial charge on any atom is -0.508 e. The Hall–Kier alpha value is -3.10. The third-order valence-corrected chi connectivity index (χ3v) is 7.48. The summed E-state index contributed by atoms with van der Waals surface area (Å²) in [5, 5.41) is 32.9. The molecule has 2 aliphatic rings. The van der Waals surface area contributed by atoms with Crippen LogP contribution in [-0.2, 0) is 21.4 Å². The largest absolute Gasteiger partial charge is 0.508 e. The number of fused-ring (bicyclic) bond motifs is 1. The second-order valence-electron chi connectivity index (χ2n) is 7.10. The normalized spacial score (nSPS) is 21.1. The molecule has 12 nitrogen and oxygen atoms in total. The average Bonchev–Trinajstić information content (AvgIpc) is 3.19. The van der Waals surface area contributed by atoms with E-state index in [1.165, 1.54) is 57.4 Å². The van der Waals surface area contributed by atoms with Crippen LogP contribution in [0.15, 0.2) is 40.7 Å². The minimum absolute atomic E-state index is 0.0437. The zero-order valence-corrected chi connectivity index (χ0v) is 18.3. The molecule has 3 atom stereocenters. The van der Waals surface area contributed by atoms with Crippen molar-refractivity contribution in [1.82, 2.24) is 30.4 Å². The third-order valence-electron chi connectivity index (χ3n) is 5.04. The molecule has 1 aromatic carbocycles. The summed E-state index contributed by atoms with van der Waals surface area (Å²) in [6, 6.07) is 3.96. The maximum Gasteiger partial charge on any atom is 0.352 e. The Morgan fingerprint density at radius 2 is 2.09 bits per heavy atom. The molecule has 32 heavy (non-hydrogen) atoms. The lowest BCUT2D eigenvalue weighted by Crippen LogP contribution is -2.71. The molecule has 1 aromatic heterocycles. The second-order valence-corrected chi connectivity index (χ2v) is 9.14. The van der Waals surface area contributed by atoms with Crippen molar-refractivity contribution in [3.8, 4) is 5.75 Å². The highest BCUT2D eigenvalue weighted by molar-refractivity contribution is 8.01. The number of aryl methyl sites for hydroxylation is 1. The molecule has 0 saturated carbocycles. The van der Waals surface area contributed by atoms with E-state index >= 15 is 0 Å². The number of β-lactam (4-membered cyclic amide) rings is 1. The number of nitrogens with two attached hydrogens (primary N) is 1. The summed E-state index contributed by atoms with van der Waals surface area (Å²) >= 11 is 2.64. The molecule has 0 bridgehead atoms. The first-order chi connectivity index (χ1) is 15.3. The van der Waals surface area contributed by atoms with Gasteiger partial charge in [-0.15, -0.1) is 16.9 Å². The number of amides is 2. The number of carboxylic acid groups (broad SMARTS) is 1. The molecule has 0 spiro atoms. The first-order valence-corrected chi connectivity index (χ1v) is 11.4. The molecule has 1 unspecified atom stereocenters. The van der Waals surface area contributed by atoms with Gasteiger partial charge in [-0.25, -0.2) is 9.48 Å². The highest BCUT2D eigenvalue weighted by Gasteiger charge is 2.54. The van der Waals surface area contributed by atoms with Crippen molar-refractivity contribution in [1.29, 1.82) is 0 Å². The minimum atomic E-state index is -1.21. The standard InChI is InChI=1S/C18H19N7O5S2/c1-24-18(21-22-23-24)32-7-9-6-31-16-12(15(28)25(16)13(9)17(29)30)20-14(27)11(19)8-2-4-10(26)5-3-8/h2-5,11-12,16,26H,6-7,19H2,1H3,(H,20,27)(H,29,30)/t11?,12-,16+/m1/s1. The van der Waals surface area contributed by atoms with Crippen molar-refractivity contribution in [2.75, 3.05) is 11.5 Å². The topological polar surface area (TPSA) is 177 Å². The lowest BCUT2D eigenvalue weighted by atomic mass is 10.0. The molecule has 14 heteroatoms. The lowest BCUT2D eigenvalue weighted by molar-refractivity contribution is -0.150. The quantitative estimate of drug-likeness (QED) is 0.297. The van der Waals surface area contributed by atoms with Crippen molar-refractivity contribution in [3.63, 3.8) is 0 Å². The Bertz CT molecular complexity index is 1100. The first kappa shape index (κ1) is 22.1. The molecule has 2 aliphatic heterocycles. The SMILES string of the molecule is Cn1nnnc1SCC1=C(C(=O)O)N2C(=O)[C@@H](NC(=O)C(N)c3ccc(O)cc3)[C@@H]2SC1. The number of nitrogens with one attached hydrogen (secondary N) is 1. The van der Waals surface area contributed by atoms with Crippen LogP contribution in [0.4, 0.5) is 0 Å². The Balaban J connectivity index is 1.45. The number of nitrogens with zero attached hydrogens (tertiary/aromatic N) is 5. The van der Waals surface area contributed by atoms with Crippen molar-refractivity contribution >= 4 is 41.3 Å². The van der Waals surface area contributed by atoms with Gasteiger partial charge in [0.05, 0.1) is 0 Å². The molecule has 0 radical (unpaired) electrons. The van der Waals surface area contributed by atoms with Crippen molar-refractivity contribution in [3.05, 3.63) is 41.1 Å². The Labute approximate surface area is 190 Å². The summed E-state index contributed by atoms with van der Waals surface area (Å²) < 4.78 is 1.47. The predicted molar refractivity (Wildman–Crippen MR) is 114 cm³/mol. The van der Waals surface area contributed by atoms with E-state index < -0.39 is 35.2 Å². The van der Waals surface area contributed by atoms with Gasteiger partial charge in [-0.1, -0.05) is 23.9 Å². The van der Waals surface area contributed by atoms with Gasteiger partial charge in [0, 0.05) is 18.6 Å². The van der Waals surface area contributed by atoms with Crippen LogP contribution in [0.5, 0.6) is 5.75 Å². The van der Waals surface area contributed by atoms with Gasteiger partial charge < -0.3 is 21.3 Å². The number of hydrogen-bond donors (Lipinski definition) is 4. The van der Waals surface area contributed by atoms with E-state index in [0.717, 1.165) is 0 Å². The summed E-state index contributed by atoms with van der Waals surface area (Å²) in [4.78, 5) is 38.5. The van der Waals surface area contributed by atoms with E-state index in [4.69, 9.17) is 5.73 Å². The number of carbonyl (C=O) groups excluding carboxylic acids is 2. The number of tetrazole rings is 1. The van der Waals surface area contributed by atoms with E-state index in [1.54, 1.807) is 7.05 Å². The molecule has 3 heterocycles. The molecule has 0 aliphatic carbocycles. The fraction of sp³-hybridized carbons (Fsp3) is 0.333. The Morgan fingerprint density at radius 1 is 1.38 bits per heavy atom. The van der Waals surface area contributed by atoms with Crippen LogP contribution in [0.25, 0.3) is 0 Å². The smallest absolute Gasteiger partial charge is 0.352 e. The van der Waals surface area contributed by atoms with E-state index in [-0.39, 0.29) is 11.4 Å². The van der Waals surface area contributed by atoms with E-state index in [0.29, 0.717) is 27.8 Å². The average molecular weight is 478 g/mol. The lowest BCUT2D eigenvalue weighted by Gasteiger charge is -2.49. The number of carbonyl (C=O) groups is 3. The Kier molecular flexibility index (Phi) is 6.08. The van der Waals surface area contributed by atoms with E-state index in [9.17, 15) is 24.6 Å². The zero-order chi connectivity index (χ0) is 23.0. The fourth-order valence-corrected chi connectivity index (χ4v) is 5.70. The van der Waals surface area contributed by atoms with Crippen LogP contribution in [0, 0.1) is 0 Å². The number of phenols is 1. The number of phenolic OH excluding ortho intramolecular Hbond substituents is 1. The first-order valence-electron chi connectivity index (χ1n) is 9.38. The summed E-state index contributed by atoms with van der Waals surface area (Å²) in [6.07, 6.45) is 0. The van der Waals surface area contributed by atoms with Gasteiger partial charge >= 0.3 is 5.97 Å². The monoisotopic (exact) mass is 477 g/mol. The van der Waals surface area contributed by atoms with E-state index in [2.05, 4.69) is 20.8 Å². The van der Waals surface area contributed by atoms with Crippen molar-refractivity contribution in [2.24, 2.45) is 12.8 Å². The van der Waals surface area contributed by atoms with Gasteiger partial charge in [0.15, 0.2) is 0 Å². The molecular weight excluding hydrogens is 458 g/mol. The fourth-order valence-electron chi connectivity index (χ4n) is 3.37. The predicted octanol–water partition coefficient (Wildman–Crippen LogP) is -0.554. The molecular formula is C18H19N7O5S2. The van der Waals surface area contributed by atoms with Crippen LogP contribution in [-0.4, -0.2) is 76.0 Å². The van der Waals surface area contributed by atoms with Crippen LogP contribution in [0.3, 0.4) is 0 Å². The molecule has 4 rings (SSSR count). The van der Waals surface area contributed by atoms with Crippen LogP contribution in [0.1, 0.15) is 11.6 Å². The van der Waals surface area contributed by atoms with Crippen LogP contribution < -0.4 is 11.1 Å². The van der Waals surface area contributed by atoms with Gasteiger partial charge in [0.1, 0.15) is 28.9 Å². The maximum atomic E-state index is 12.8. The molecule has 1 fully saturated rings. The van der Waals surface area contributed by atoms with Gasteiger partial charge in [-0.05, 0) is 33.7 Å². The summed E-state index contributed by atoms with van der Waals surface area (Å²) in [5.74, 6) is -1.55. The number of carboxylic acids is 1. The third kappa shape index (κ3) is 4.03. The van der Waals surface area contributed by atoms with E-state index in [1.807, 2.05) is 0 Å². The number of benzene rings is 1. The molecule has 2 aromatic rings. The highest BCUT2D eigenvalue weighted by atomic mass is 32.2. The zero-order valence-electron chi connectivity index (χ0n) is 16.7. The van der Waals surface area contributed by atoms with Crippen LogP contribution >= 0.6 is 23.5 Å². The summed E-state index contributed by atoms with van der Waals surface area (Å²) in [7, 11) is 1.68. The summed E-state index contributed by atoms with van der Waals surface area (Å²) in [6.45, 7) is 0.